The van der Waals surface area contributed by atoms with Crippen molar-refractivity contribution in [2.24, 2.45) is 0 Å². The molecule has 8 heteroatoms. The van der Waals surface area contributed by atoms with Crippen LogP contribution in [0.1, 0.15) is 22.3 Å². The lowest BCUT2D eigenvalue weighted by molar-refractivity contribution is -0.129. The van der Waals surface area contributed by atoms with Gasteiger partial charge in [-0.15, -0.1) is 0 Å². The van der Waals surface area contributed by atoms with Gasteiger partial charge in [-0.25, -0.2) is 19.4 Å². The number of hydrogen-bond donors (Lipinski definition) is 0. The molecule has 2 aliphatic heterocycles. The molecule has 3 aromatic rings. The Morgan fingerprint density at radius 3 is 1.42 bits per heavy atom. The molecular formula is C30H28N2O6. The minimum absolute atomic E-state index is 0.00912. The second kappa shape index (κ2) is 11.3. The molecule has 0 aromatic heterocycles. The van der Waals surface area contributed by atoms with Crippen LogP contribution in [0.2, 0.25) is 0 Å². The minimum atomic E-state index is -0.640. The van der Waals surface area contributed by atoms with Crippen molar-refractivity contribution in [1.29, 1.82) is 0 Å². The van der Waals surface area contributed by atoms with Crippen LogP contribution in [0.3, 0.4) is 0 Å². The lowest BCUT2D eigenvalue weighted by Gasteiger charge is -2.20. The Balaban J connectivity index is 1.23. The molecule has 8 nitrogen and oxygen atoms in total. The molecule has 0 bridgehead atoms. The van der Waals surface area contributed by atoms with E-state index in [0.29, 0.717) is 24.0 Å². The van der Waals surface area contributed by atoms with Gasteiger partial charge in [0.25, 0.3) is 0 Å². The van der Waals surface area contributed by atoms with Crippen LogP contribution in [0.4, 0.5) is 9.59 Å². The van der Waals surface area contributed by atoms with Crippen LogP contribution in [0.5, 0.6) is 0 Å². The first-order chi connectivity index (χ1) is 18.5. The maximum Gasteiger partial charge on any atom is 0.416 e. The van der Waals surface area contributed by atoms with Crippen molar-refractivity contribution >= 4 is 24.0 Å². The summed E-state index contributed by atoms with van der Waals surface area (Å²) in [6.45, 7) is 0.314. The second-order valence-electron chi connectivity index (χ2n) is 9.54. The van der Waals surface area contributed by atoms with E-state index in [0.717, 1.165) is 11.1 Å². The third kappa shape index (κ3) is 5.75. The highest BCUT2D eigenvalue weighted by Crippen LogP contribution is 2.21. The van der Waals surface area contributed by atoms with Gasteiger partial charge in [-0.3, -0.25) is 9.59 Å². The summed E-state index contributed by atoms with van der Waals surface area (Å²) in [5.41, 5.74) is 3.37. The molecule has 4 amide bonds. The molecule has 2 fully saturated rings. The zero-order chi connectivity index (χ0) is 26.5. The standard InChI is InChI=1S/C30H28N2O6/c33-27(31-25(19-37-29(31)35)15-21-8-3-1-4-9-21)17-23-12-7-13-24(14-23)18-28(34)32-26(20-38-30(32)36)16-22-10-5-2-6-11-22/h1-14,25-26H,15-20H2/t25-,26-/m0/s1. The SMILES string of the molecule is O=C(Cc1cccc(CC(=O)N2C(=O)OC[C@@H]2Cc2ccccc2)c1)N1C(=O)OC[C@@H]1Cc1ccccc1. The Morgan fingerprint density at radius 1 is 0.605 bits per heavy atom. The van der Waals surface area contributed by atoms with E-state index in [-0.39, 0.29) is 50.0 Å². The summed E-state index contributed by atoms with van der Waals surface area (Å²) in [5.74, 6) is -0.717. The van der Waals surface area contributed by atoms with Crippen LogP contribution in [0.25, 0.3) is 0 Å². The highest BCUT2D eigenvalue weighted by atomic mass is 16.6. The normalized spacial score (nSPS) is 18.8. The summed E-state index contributed by atoms with van der Waals surface area (Å²) in [7, 11) is 0. The molecule has 2 saturated heterocycles. The molecule has 0 unspecified atom stereocenters. The molecule has 0 spiro atoms. The van der Waals surface area contributed by atoms with Crippen LogP contribution >= 0.6 is 0 Å². The summed E-state index contributed by atoms with van der Waals surface area (Å²) in [6.07, 6.45) is -0.264. The Kier molecular flexibility index (Phi) is 7.49. The van der Waals surface area contributed by atoms with Gasteiger partial charge in [0, 0.05) is 0 Å². The highest BCUT2D eigenvalue weighted by molar-refractivity contribution is 5.95. The Labute approximate surface area is 220 Å². The fraction of sp³-hybridized carbons (Fsp3) is 0.267. The number of carbonyl (C=O) groups is 4. The minimum Gasteiger partial charge on any atom is -0.447 e. The molecule has 0 radical (unpaired) electrons. The molecule has 194 valence electrons. The van der Waals surface area contributed by atoms with Crippen molar-refractivity contribution in [1.82, 2.24) is 9.80 Å². The molecule has 0 N–H and O–H groups in total. The van der Waals surface area contributed by atoms with Gasteiger partial charge in [0.2, 0.25) is 11.8 Å². The van der Waals surface area contributed by atoms with E-state index in [2.05, 4.69) is 0 Å². The van der Waals surface area contributed by atoms with Crippen LogP contribution < -0.4 is 0 Å². The number of ether oxygens (including phenoxy) is 2. The number of rotatable bonds is 8. The Bertz CT molecular complexity index is 1230. The van der Waals surface area contributed by atoms with E-state index in [1.165, 1.54) is 9.80 Å². The number of nitrogens with zero attached hydrogens (tertiary/aromatic N) is 2. The van der Waals surface area contributed by atoms with Crippen molar-refractivity contribution in [2.45, 2.75) is 37.8 Å². The van der Waals surface area contributed by atoms with Crippen molar-refractivity contribution < 1.29 is 28.7 Å². The smallest absolute Gasteiger partial charge is 0.416 e. The summed E-state index contributed by atoms with van der Waals surface area (Å²) >= 11 is 0. The fourth-order valence-electron chi connectivity index (χ4n) is 4.97. The fourth-order valence-corrected chi connectivity index (χ4v) is 4.97. The Morgan fingerprint density at radius 2 is 1.00 bits per heavy atom. The average Bonchev–Trinajstić information content (AvgIpc) is 3.46. The van der Waals surface area contributed by atoms with E-state index in [4.69, 9.17) is 9.47 Å². The highest BCUT2D eigenvalue weighted by Gasteiger charge is 2.39. The molecule has 0 saturated carbocycles. The molecule has 2 heterocycles. The molecule has 0 aliphatic carbocycles. The molecule has 3 aromatic carbocycles. The van der Waals surface area contributed by atoms with E-state index in [1.807, 2.05) is 60.7 Å². The zero-order valence-electron chi connectivity index (χ0n) is 20.8. The van der Waals surface area contributed by atoms with Crippen molar-refractivity contribution in [3.63, 3.8) is 0 Å². The molecule has 2 aliphatic rings. The first-order valence-electron chi connectivity index (χ1n) is 12.6. The van der Waals surface area contributed by atoms with Gasteiger partial charge in [-0.2, -0.15) is 0 Å². The third-order valence-electron chi connectivity index (χ3n) is 6.79. The Hall–Kier alpha value is -4.46. The summed E-state index contributed by atoms with van der Waals surface area (Å²) < 4.78 is 10.4. The van der Waals surface area contributed by atoms with Gasteiger partial charge in [0.15, 0.2) is 0 Å². The van der Waals surface area contributed by atoms with Crippen LogP contribution in [0.15, 0.2) is 84.9 Å². The van der Waals surface area contributed by atoms with E-state index < -0.39 is 12.2 Å². The number of benzene rings is 3. The van der Waals surface area contributed by atoms with Crippen molar-refractivity contribution in [3.05, 3.63) is 107 Å². The first kappa shape index (κ1) is 25.2. The van der Waals surface area contributed by atoms with Gasteiger partial charge in [0.1, 0.15) is 13.2 Å². The van der Waals surface area contributed by atoms with Crippen molar-refractivity contribution in [2.75, 3.05) is 13.2 Å². The molecule has 38 heavy (non-hydrogen) atoms. The number of imide groups is 2. The van der Waals surface area contributed by atoms with Crippen molar-refractivity contribution in [3.8, 4) is 0 Å². The molecular weight excluding hydrogens is 484 g/mol. The largest absolute Gasteiger partial charge is 0.447 e. The monoisotopic (exact) mass is 512 g/mol. The molecule has 5 rings (SSSR count). The van der Waals surface area contributed by atoms with E-state index in [9.17, 15) is 19.2 Å². The average molecular weight is 513 g/mol. The lowest BCUT2D eigenvalue weighted by atomic mass is 10.0. The predicted molar refractivity (Wildman–Crippen MR) is 138 cm³/mol. The summed E-state index contributed by atoms with van der Waals surface area (Å²) in [6, 6.07) is 25.6. The van der Waals surface area contributed by atoms with Gasteiger partial charge in [-0.05, 0) is 35.1 Å². The lowest BCUT2D eigenvalue weighted by Crippen LogP contribution is -2.41. The number of carbonyl (C=O) groups excluding carboxylic acids is 4. The molecule has 2 atom stereocenters. The maximum atomic E-state index is 13.1. The number of cyclic esters (lactones) is 2. The van der Waals surface area contributed by atoms with Crippen LogP contribution in [-0.2, 0) is 44.7 Å². The summed E-state index contributed by atoms with van der Waals surface area (Å²) in [5, 5.41) is 0. The zero-order valence-corrected chi connectivity index (χ0v) is 20.8. The first-order valence-corrected chi connectivity index (χ1v) is 12.6. The van der Waals surface area contributed by atoms with E-state index in [1.54, 1.807) is 24.3 Å². The third-order valence-corrected chi connectivity index (χ3v) is 6.79. The van der Waals surface area contributed by atoms with E-state index >= 15 is 0 Å². The van der Waals surface area contributed by atoms with Gasteiger partial charge in [-0.1, -0.05) is 84.9 Å². The number of hydrogen-bond acceptors (Lipinski definition) is 6. The van der Waals surface area contributed by atoms with Gasteiger partial charge >= 0.3 is 12.2 Å². The quantitative estimate of drug-likeness (QED) is 0.454. The summed E-state index contributed by atoms with van der Waals surface area (Å²) in [4.78, 5) is 53.3. The van der Waals surface area contributed by atoms with Crippen LogP contribution in [-0.4, -0.2) is 59.1 Å². The number of amides is 4. The predicted octanol–water partition coefficient (Wildman–Crippen LogP) is 3.95. The maximum absolute atomic E-state index is 13.1. The topological polar surface area (TPSA) is 93.2 Å². The van der Waals surface area contributed by atoms with Gasteiger partial charge < -0.3 is 9.47 Å². The van der Waals surface area contributed by atoms with Crippen LogP contribution in [0, 0.1) is 0 Å². The second-order valence-corrected chi connectivity index (χ2v) is 9.54. The van der Waals surface area contributed by atoms with Gasteiger partial charge in [0.05, 0.1) is 24.9 Å².